The molecular formula is C15H9F3O2. The Morgan fingerprint density at radius 3 is 2.45 bits per heavy atom. The lowest BCUT2D eigenvalue weighted by atomic mass is 10.1. The SMILES string of the molecule is OC(c1ccc(F)c(F)c1)c1cc2cc(F)ccc2o1. The van der Waals surface area contributed by atoms with E-state index < -0.39 is 23.6 Å². The summed E-state index contributed by atoms with van der Waals surface area (Å²) < 4.78 is 44.4. The summed E-state index contributed by atoms with van der Waals surface area (Å²) in [5.74, 6) is -2.33. The summed E-state index contributed by atoms with van der Waals surface area (Å²) in [4.78, 5) is 0. The Labute approximate surface area is 112 Å². The molecule has 3 aromatic rings. The van der Waals surface area contributed by atoms with Crippen molar-refractivity contribution >= 4 is 11.0 Å². The highest BCUT2D eigenvalue weighted by Crippen LogP contribution is 2.29. The number of fused-ring (bicyclic) bond motifs is 1. The molecule has 2 aromatic carbocycles. The average Bonchev–Trinajstić information content (AvgIpc) is 2.84. The quantitative estimate of drug-likeness (QED) is 0.770. The summed E-state index contributed by atoms with van der Waals surface area (Å²) in [6, 6.07) is 8.48. The fourth-order valence-electron chi connectivity index (χ4n) is 2.02. The minimum absolute atomic E-state index is 0.136. The number of aliphatic hydroxyl groups is 1. The Balaban J connectivity index is 2.02. The predicted molar refractivity (Wildman–Crippen MR) is 66.6 cm³/mol. The third kappa shape index (κ3) is 2.16. The summed E-state index contributed by atoms with van der Waals surface area (Å²) in [6.07, 6.45) is -1.25. The summed E-state index contributed by atoms with van der Waals surface area (Å²) in [6.45, 7) is 0. The number of furan rings is 1. The molecule has 0 aliphatic heterocycles. The van der Waals surface area contributed by atoms with Crippen molar-refractivity contribution in [3.05, 3.63) is 71.2 Å². The van der Waals surface area contributed by atoms with E-state index in [-0.39, 0.29) is 11.3 Å². The normalized spacial score (nSPS) is 12.8. The first kappa shape index (κ1) is 12.7. The van der Waals surface area contributed by atoms with Gasteiger partial charge in [0.25, 0.3) is 0 Å². The molecule has 3 rings (SSSR count). The van der Waals surface area contributed by atoms with E-state index >= 15 is 0 Å². The van der Waals surface area contributed by atoms with Crippen LogP contribution in [-0.4, -0.2) is 5.11 Å². The van der Waals surface area contributed by atoms with Crippen molar-refractivity contribution in [2.75, 3.05) is 0 Å². The fourth-order valence-corrected chi connectivity index (χ4v) is 2.02. The average molecular weight is 278 g/mol. The van der Waals surface area contributed by atoms with Gasteiger partial charge in [-0.1, -0.05) is 6.07 Å². The Hall–Kier alpha value is -2.27. The van der Waals surface area contributed by atoms with Crippen LogP contribution < -0.4 is 0 Å². The summed E-state index contributed by atoms with van der Waals surface area (Å²) >= 11 is 0. The van der Waals surface area contributed by atoms with Crippen LogP contribution in [0.5, 0.6) is 0 Å². The molecule has 0 amide bonds. The maximum Gasteiger partial charge on any atom is 0.159 e. The highest BCUT2D eigenvalue weighted by Gasteiger charge is 2.17. The van der Waals surface area contributed by atoms with Gasteiger partial charge in [0.05, 0.1) is 0 Å². The summed E-state index contributed by atoms with van der Waals surface area (Å²) in [7, 11) is 0. The minimum Gasteiger partial charge on any atom is -0.458 e. The molecule has 0 saturated carbocycles. The molecule has 20 heavy (non-hydrogen) atoms. The van der Waals surface area contributed by atoms with Gasteiger partial charge in [0, 0.05) is 5.39 Å². The Morgan fingerprint density at radius 2 is 1.70 bits per heavy atom. The zero-order valence-corrected chi connectivity index (χ0v) is 10.1. The monoisotopic (exact) mass is 278 g/mol. The lowest BCUT2D eigenvalue weighted by Crippen LogP contribution is -1.99. The van der Waals surface area contributed by atoms with Gasteiger partial charge in [0.1, 0.15) is 23.3 Å². The molecule has 2 nitrogen and oxygen atoms in total. The Kier molecular flexibility index (Phi) is 2.99. The largest absolute Gasteiger partial charge is 0.458 e. The number of benzene rings is 2. The molecule has 0 bridgehead atoms. The fraction of sp³-hybridized carbons (Fsp3) is 0.0667. The summed E-state index contributed by atoms with van der Waals surface area (Å²) in [5.41, 5.74) is 0.562. The van der Waals surface area contributed by atoms with Crippen LogP contribution in [0.4, 0.5) is 13.2 Å². The van der Waals surface area contributed by atoms with E-state index in [1.165, 1.54) is 30.3 Å². The van der Waals surface area contributed by atoms with Crippen LogP contribution in [0.2, 0.25) is 0 Å². The van der Waals surface area contributed by atoms with Crippen molar-refractivity contribution in [1.29, 1.82) is 0 Å². The van der Waals surface area contributed by atoms with E-state index in [2.05, 4.69) is 0 Å². The zero-order valence-electron chi connectivity index (χ0n) is 10.1. The van der Waals surface area contributed by atoms with Gasteiger partial charge < -0.3 is 9.52 Å². The second-order valence-corrected chi connectivity index (χ2v) is 4.41. The topological polar surface area (TPSA) is 33.4 Å². The molecule has 1 heterocycles. The highest BCUT2D eigenvalue weighted by molar-refractivity contribution is 5.78. The molecule has 102 valence electrons. The van der Waals surface area contributed by atoms with Gasteiger partial charge in [-0.25, -0.2) is 13.2 Å². The van der Waals surface area contributed by atoms with Crippen LogP contribution in [0.15, 0.2) is 46.9 Å². The second-order valence-electron chi connectivity index (χ2n) is 4.41. The van der Waals surface area contributed by atoms with Crippen molar-refractivity contribution in [2.45, 2.75) is 6.10 Å². The second kappa shape index (κ2) is 4.68. The van der Waals surface area contributed by atoms with Gasteiger partial charge in [0.2, 0.25) is 0 Å². The van der Waals surface area contributed by atoms with E-state index in [4.69, 9.17) is 4.42 Å². The Bertz CT molecular complexity index is 780. The molecule has 0 radical (unpaired) electrons. The number of hydrogen-bond acceptors (Lipinski definition) is 2. The Morgan fingerprint density at radius 1 is 0.900 bits per heavy atom. The van der Waals surface area contributed by atoms with E-state index in [0.29, 0.717) is 11.0 Å². The first-order chi connectivity index (χ1) is 9.54. The molecule has 0 aliphatic carbocycles. The predicted octanol–water partition coefficient (Wildman–Crippen LogP) is 3.93. The third-order valence-electron chi connectivity index (χ3n) is 3.03. The van der Waals surface area contributed by atoms with Crippen molar-refractivity contribution < 1.29 is 22.7 Å². The van der Waals surface area contributed by atoms with E-state index in [1.807, 2.05) is 0 Å². The number of hydrogen-bond donors (Lipinski definition) is 1. The van der Waals surface area contributed by atoms with Gasteiger partial charge in [0.15, 0.2) is 11.6 Å². The standard InChI is InChI=1S/C15H9F3O2/c16-10-2-4-13-9(5-10)7-14(20-13)15(19)8-1-3-11(17)12(18)6-8/h1-7,15,19H. The lowest BCUT2D eigenvalue weighted by Gasteiger charge is -2.08. The molecule has 1 aromatic heterocycles. The molecule has 0 fully saturated rings. The van der Waals surface area contributed by atoms with E-state index in [0.717, 1.165) is 12.1 Å². The first-order valence-electron chi connectivity index (χ1n) is 5.86. The maximum atomic E-state index is 13.1. The van der Waals surface area contributed by atoms with Gasteiger partial charge in [-0.15, -0.1) is 0 Å². The van der Waals surface area contributed by atoms with Crippen LogP contribution >= 0.6 is 0 Å². The van der Waals surface area contributed by atoms with Gasteiger partial charge >= 0.3 is 0 Å². The molecule has 0 saturated heterocycles. The van der Waals surface area contributed by atoms with Crippen LogP contribution in [0, 0.1) is 17.5 Å². The van der Waals surface area contributed by atoms with Crippen molar-refractivity contribution in [1.82, 2.24) is 0 Å². The molecular weight excluding hydrogens is 269 g/mol. The van der Waals surface area contributed by atoms with Gasteiger partial charge in [-0.2, -0.15) is 0 Å². The maximum absolute atomic E-state index is 13.1. The molecule has 1 unspecified atom stereocenters. The van der Waals surface area contributed by atoms with Crippen LogP contribution in [0.1, 0.15) is 17.4 Å². The lowest BCUT2D eigenvalue weighted by molar-refractivity contribution is 0.191. The van der Waals surface area contributed by atoms with Crippen LogP contribution in [0.25, 0.3) is 11.0 Å². The minimum atomic E-state index is -1.25. The smallest absolute Gasteiger partial charge is 0.159 e. The van der Waals surface area contributed by atoms with Gasteiger partial charge in [-0.05, 0) is 42.0 Å². The first-order valence-corrected chi connectivity index (χ1v) is 5.86. The van der Waals surface area contributed by atoms with Crippen LogP contribution in [0.3, 0.4) is 0 Å². The van der Waals surface area contributed by atoms with E-state index in [1.54, 1.807) is 0 Å². The molecule has 0 spiro atoms. The van der Waals surface area contributed by atoms with Crippen LogP contribution in [-0.2, 0) is 0 Å². The molecule has 1 N–H and O–H groups in total. The zero-order chi connectivity index (χ0) is 14.3. The van der Waals surface area contributed by atoms with Gasteiger partial charge in [-0.3, -0.25) is 0 Å². The third-order valence-corrected chi connectivity index (χ3v) is 3.03. The van der Waals surface area contributed by atoms with E-state index in [9.17, 15) is 18.3 Å². The number of aliphatic hydroxyl groups excluding tert-OH is 1. The van der Waals surface area contributed by atoms with Crippen molar-refractivity contribution in [3.8, 4) is 0 Å². The highest BCUT2D eigenvalue weighted by atomic mass is 19.2. The molecule has 0 aliphatic rings. The summed E-state index contributed by atoms with van der Waals surface area (Å²) in [5, 5.41) is 10.6. The number of rotatable bonds is 2. The van der Waals surface area contributed by atoms with Crippen molar-refractivity contribution in [2.24, 2.45) is 0 Å². The molecule has 1 atom stereocenters. The molecule has 5 heteroatoms. The van der Waals surface area contributed by atoms with Crippen molar-refractivity contribution in [3.63, 3.8) is 0 Å². The number of halogens is 3.